The smallest absolute Gasteiger partial charge is 0.239 e. The summed E-state index contributed by atoms with van der Waals surface area (Å²) in [6, 6.07) is -0.842. The van der Waals surface area contributed by atoms with E-state index in [9.17, 15) is 21.6 Å². The minimum Gasteiger partial charge on any atom is -0.341 e. The lowest BCUT2D eigenvalue weighted by atomic mass is 9.97. The molecule has 1 aliphatic carbocycles. The number of sulfonamides is 2. The number of amides is 1. The molecule has 4 N–H and O–H groups in total. The number of nitrogens with zero attached hydrogens (tertiary/aromatic N) is 1. The van der Waals surface area contributed by atoms with E-state index in [4.69, 9.17) is 5.73 Å². The van der Waals surface area contributed by atoms with Crippen molar-refractivity contribution in [3.8, 4) is 0 Å². The van der Waals surface area contributed by atoms with Crippen LogP contribution < -0.4 is 15.2 Å². The second-order valence-electron chi connectivity index (χ2n) is 6.93. The van der Waals surface area contributed by atoms with Crippen molar-refractivity contribution in [2.75, 3.05) is 31.6 Å². The van der Waals surface area contributed by atoms with E-state index in [1.54, 1.807) is 4.90 Å². The van der Waals surface area contributed by atoms with Crippen LogP contribution >= 0.6 is 0 Å². The molecule has 1 saturated carbocycles. The number of carbonyl (C=O) groups is 1. The molecule has 1 aliphatic heterocycles. The molecule has 0 aromatic carbocycles. The van der Waals surface area contributed by atoms with Crippen LogP contribution in [-0.2, 0) is 24.8 Å². The minimum absolute atomic E-state index is 0.0325. The molecule has 0 spiro atoms. The van der Waals surface area contributed by atoms with E-state index in [0.717, 1.165) is 32.2 Å². The quantitative estimate of drug-likeness (QED) is 0.460. The lowest BCUT2D eigenvalue weighted by molar-refractivity contribution is -0.132. The van der Waals surface area contributed by atoms with Gasteiger partial charge in [0.2, 0.25) is 26.0 Å². The number of hydrogen-bond acceptors (Lipinski definition) is 6. The lowest BCUT2D eigenvalue weighted by Crippen LogP contribution is -2.46. The van der Waals surface area contributed by atoms with Crippen molar-refractivity contribution >= 4 is 26.0 Å². The number of likely N-dealkylation sites (tertiary alicyclic amines) is 1. The summed E-state index contributed by atoms with van der Waals surface area (Å²) in [6.07, 6.45) is 4.85. The topological polar surface area (TPSA) is 139 Å². The zero-order chi connectivity index (χ0) is 18.7. The zero-order valence-corrected chi connectivity index (χ0v) is 16.1. The van der Waals surface area contributed by atoms with E-state index in [1.807, 2.05) is 0 Å². The summed E-state index contributed by atoms with van der Waals surface area (Å²) < 4.78 is 50.8. The van der Waals surface area contributed by atoms with Crippen LogP contribution in [0.15, 0.2) is 0 Å². The highest BCUT2D eigenvalue weighted by Gasteiger charge is 2.36. The first-order valence-corrected chi connectivity index (χ1v) is 12.1. The first kappa shape index (κ1) is 20.6. The summed E-state index contributed by atoms with van der Waals surface area (Å²) in [4.78, 5) is 14.1. The predicted octanol–water partition coefficient (Wildman–Crippen LogP) is -1.43. The van der Waals surface area contributed by atoms with Gasteiger partial charge in [0.1, 0.15) is 0 Å². The van der Waals surface area contributed by atoms with Crippen LogP contribution in [0.3, 0.4) is 0 Å². The van der Waals surface area contributed by atoms with Crippen molar-refractivity contribution in [1.29, 1.82) is 0 Å². The molecular weight excluding hydrogens is 368 g/mol. The standard InChI is InChI=1S/C14H28N4O5S2/c1-24(20,21)16-6-9-25(22,23)17-12-5-4-11(10-12)13(15)14(19)18-7-2-3-8-18/h11-13,16-17H,2-10,15H2,1H3/t11-,12-,13?/m1/s1. The van der Waals surface area contributed by atoms with Gasteiger partial charge in [-0.05, 0) is 38.0 Å². The lowest BCUT2D eigenvalue weighted by Gasteiger charge is -2.24. The Kier molecular flexibility index (Phi) is 6.82. The molecule has 1 unspecified atom stereocenters. The third kappa shape index (κ3) is 6.48. The maximum absolute atomic E-state index is 12.4. The van der Waals surface area contributed by atoms with Crippen LogP contribution in [0.5, 0.6) is 0 Å². The monoisotopic (exact) mass is 396 g/mol. The molecule has 25 heavy (non-hydrogen) atoms. The van der Waals surface area contributed by atoms with Crippen LogP contribution in [0.2, 0.25) is 0 Å². The molecule has 0 radical (unpaired) electrons. The SMILES string of the molecule is CS(=O)(=O)NCCS(=O)(=O)N[C@@H]1CC[C@@H](C(N)C(=O)N2CCCC2)C1. The Hall–Kier alpha value is -0.750. The van der Waals surface area contributed by atoms with E-state index in [0.29, 0.717) is 19.3 Å². The molecule has 0 bridgehead atoms. The Morgan fingerprint density at radius 3 is 2.44 bits per heavy atom. The van der Waals surface area contributed by atoms with Crippen molar-refractivity contribution in [3.63, 3.8) is 0 Å². The Morgan fingerprint density at radius 2 is 1.84 bits per heavy atom. The van der Waals surface area contributed by atoms with Crippen molar-refractivity contribution in [2.45, 2.75) is 44.2 Å². The molecule has 0 aromatic heterocycles. The number of carbonyl (C=O) groups excluding carboxylic acids is 1. The van der Waals surface area contributed by atoms with Crippen LogP contribution in [0.1, 0.15) is 32.1 Å². The van der Waals surface area contributed by atoms with Gasteiger partial charge in [0, 0.05) is 25.7 Å². The van der Waals surface area contributed by atoms with Gasteiger partial charge in [0.25, 0.3) is 0 Å². The molecule has 9 nitrogen and oxygen atoms in total. The van der Waals surface area contributed by atoms with E-state index in [2.05, 4.69) is 9.44 Å². The highest BCUT2D eigenvalue weighted by molar-refractivity contribution is 7.90. The van der Waals surface area contributed by atoms with Crippen LogP contribution in [0.25, 0.3) is 0 Å². The Morgan fingerprint density at radius 1 is 1.20 bits per heavy atom. The highest BCUT2D eigenvalue weighted by Crippen LogP contribution is 2.29. The second-order valence-corrected chi connectivity index (χ2v) is 10.6. The van der Waals surface area contributed by atoms with Gasteiger partial charge in [0.15, 0.2) is 0 Å². The van der Waals surface area contributed by atoms with Crippen molar-refractivity contribution < 1.29 is 21.6 Å². The predicted molar refractivity (Wildman–Crippen MR) is 94.7 cm³/mol. The first-order valence-electron chi connectivity index (χ1n) is 8.56. The normalized spacial score (nSPS) is 26.1. The summed E-state index contributed by atoms with van der Waals surface area (Å²) in [5.74, 6) is -0.390. The molecule has 11 heteroatoms. The summed E-state index contributed by atoms with van der Waals surface area (Å²) in [7, 11) is -7.00. The summed E-state index contributed by atoms with van der Waals surface area (Å²) in [5.41, 5.74) is 6.11. The van der Waals surface area contributed by atoms with E-state index >= 15 is 0 Å². The zero-order valence-electron chi connectivity index (χ0n) is 14.5. The van der Waals surface area contributed by atoms with Gasteiger partial charge >= 0.3 is 0 Å². The fourth-order valence-electron chi connectivity index (χ4n) is 3.47. The minimum atomic E-state index is -3.59. The van der Waals surface area contributed by atoms with Gasteiger partial charge in [-0.2, -0.15) is 0 Å². The third-order valence-electron chi connectivity index (χ3n) is 4.77. The molecule has 3 atom stereocenters. The fraction of sp³-hybridized carbons (Fsp3) is 0.929. The average Bonchev–Trinajstić information content (AvgIpc) is 3.14. The van der Waals surface area contributed by atoms with Crippen LogP contribution in [0.4, 0.5) is 0 Å². The molecule has 0 aromatic rings. The first-order chi connectivity index (χ1) is 11.6. The Balaban J connectivity index is 1.80. The van der Waals surface area contributed by atoms with E-state index in [1.165, 1.54) is 0 Å². The van der Waals surface area contributed by atoms with Gasteiger partial charge in [-0.3, -0.25) is 4.79 Å². The number of nitrogens with two attached hydrogens (primary N) is 1. The fourth-order valence-corrected chi connectivity index (χ4v) is 5.29. The van der Waals surface area contributed by atoms with Crippen molar-refractivity contribution in [1.82, 2.24) is 14.3 Å². The van der Waals surface area contributed by atoms with Gasteiger partial charge in [-0.1, -0.05) is 0 Å². The molecule has 1 saturated heterocycles. The molecule has 2 fully saturated rings. The summed E-state index contributed by atoms with van der Waals surface area (Å²) in [6.45, 7) is 1.34. The molecule has 1 amide bonds. The second kappa shape index (κ2) is 8.30. The van der Waals surface area contributed by atoms with Gasteiger partial charge in [0.05, 0.1) is 18.1 Å². The van der Waals surface area contributed by atoms with Gasteiger partial charge < -0.3 is 10.6 Å². The van der Waals surface area contributed by atoms with E-state index in [-0.39, 0.29) is 30.2 Å². The van der Waals surface area contributed by atoms with Crippen molar-refractivity contribution in [3.05, 3.63) is 0 Å². The molecule has 2 rings (SSSR count). The van der Waals surface area contributed by atoms with Gasteiger partial charge in [-0.15, -0.1) is 0 Å². The molecule has 1 heterocycles. The van der Waals surface area contributed by atoms with E-state index < -0.39 is 26.1 Å². The maximum Gasteiger partial charge on any atom is 0.239 e. The Labute approximate surface area is 149 Å². The number of rotatable bonds is 8. The molecule has 146 valence electrons. The molecular formula is C14H28N4O5S2. The third-order valence-corrected chi connectivity index (χ3v) is 6.93. The molecule has 2 aliphatic rings. The van der Waals surface area contributed by atoms with Crippen molar-refractivity contribution in [2.24, 2.45) is 11.7 Å². The Bertz CT molecular complexity index is 673. The summed E-state index contributed by atoms with van der Waals surface area (Å²) in [5, 5.41) is 0. The highest BCUT2D eigenvalue weighted by atomic mass is 32.2. The summed E-state index contributed by atoms with van der Waals surface area (Å²) >= 11 is 0. The van der Waals surface area contributed by atoms with Crippen LogP contribution in [0, 0.1) is 5.92 Å². The van der Waals surface area contributed by atoms with Crippen LogP contribution in [-0.4, -0.2) is 71.4 Å². The van der Waals surface area contributed by atoms with Gasteiger partial charge in [-0.25, -0.2) is 26.3 Å². The maximum atomic E-state index is 12.4. The number of nitrogens with one attached hydrogen (secondary N) is 2. The largest absolute Gasteiger partial charge is 0.341 e. The average molecular weight is 397 g/mol. The number of hydrogen-bond donors (Lipinski definition) is 3.